The number of nitrogens with one attached hydrogen (secondary N) is 1. The first kappa shape index (κ1) is 17.2. The molecule has 4 rings (SSSR count). The number of anilines is 2. The van der Waals surface area contributed by atoms with E-state index in [9.17, 15) is 5.26 Å². The fourth-order valence-corrected chi connectivity index (χ4v) is 3.96. The van der Waals surface area contributed by atoms with Crippen LogP contribution in [0.3, 0.4) is 0 Å². The van der Waals surface area contributed by atoms with Gasteiger partial charge in [0.2, 0.25) is 0 Å². The van der Waals surface area contributed by atoms with E-state index in [4.69, 9.17) is 0 Å². The van der Waals surface area contributed by atoms with Crippen LogP contribution < -0.4 is 5.32 Å². The van der Waals surface area contributed by atoms with Crippen LogP contribution in [0.4, 0.5) is 11.5 Å². The third-order valence-electron chi connectivity index (χ3n) is 4.56. The third kappa shape index (κ3) is 3.27. The molecule has 5 heteroatoms. The second-order valence-corrected chi connectivity index (χ2v) is 7.47. The van der Waals surface area contributed by atoms with Crippen molar-refractivity contribution in [1.29, 1.82) is 5.26 Å². The molecule has 2 heterocycles. The molecule has 27 heavy (non-hydrogen) atoms. The van der Waals surface area contributed by atoms with Gasteiger partial charge in [-0.1, -0.05) is 50.2 Å². The molecule has 0 saturated heterocycles. The zero-order chi connectivity index (χ0) is 18.8. The SMILES string of the molecule is CC(C)c1ccc(-c2csc3ncnc(Nc4ccccc4C#N)c23)cc1. The van der Waals surface area contributed by atoms with Crippen molar-refractivity contribution in [2.75, 3.05) is 5.32 Å². The van der Waals surface area contributed by atoms with Crippen LogP contribution in [0.25, 0.3) is 21.3 Å². The Morgan fingerprint density at radius 2 is 1.81 bits per heavy atom. The average molecular weight is 370 g/mol. The normalized spacial score (nSPS) is 10.9. The number of nitriles is 1. The molecule has 0 spiro atoms. The molecule has 0 unspecified atom stereocenters. The first-order valence-electron chi connectivity index (χ1n) is 8.76. The van der Waals surface area contributed by atoms with Crippen LogP contribution in [0.2, 0.25) is 0 Å². The summed E-state index contributed by atoms with van der Waals surface area (Å²) in [6, 6.07) is 18.3. The van der Waals surface area contributed by atoms with Crippen molar-refractivity contribution in [2.24, 2.45) is 0 Å². The summed E-state index contributed by atoms with van der Waals surface area (Å²) in [6.45, 7) is 4.38. The molecular weight excluding hydrogens is 352 g/mol. The van der Waals surface area contributed by atoms with Crippen molar-refractivity contribution >= 4 is 33.1 Å². The molecule has 0 aliphatic rings. The van der Waals surface area contributed by atoms with Crippen molar-refractivity contribution in [3.63, 3.8) is 0 Å². The predicted octanol–water partition coefficient (Wildman–Crippen LogP) is 6.10. The van der Waals surface area contributed by atoms with E-state index in [1.54, 1.807) is 23.7 Å². The minimum absolute atomic E-state index is 0.501. The Morgan fingerprint density at radius 1 is 1.04 bits per heavy atom. The van der Waals surface area contributed by atoms with Gasteiger partial charge in [-0.25, -0.2) is 9.97 Å². The molecule has 4 nitrogen and oxygen atoms in total. The molecule has 0 radical (unpaired) electrons. The van der Waals surface area contributed by atoms with Gasteiger partial charge in [0.15, 0.2) is 0 Å². The van der Waals surface area contributed by atoms with Crippen molar-refractivity contribution < 1.29 is 0 Å². The third-order valence-corrected chi connectivity index (χ3v) is 5.45. The van der Waals surface area contributed by atoms with E-state index in [0.29, 0.717) is 17.3 Å². The summed E-state index contributed by atoms with van der Waals surface area (Å²) in [4.78, 5) is 9.80. The van der Waals surface area contributed by atoms with Crippen LogP contribution in [-0.4, -0.2) is 9.97 Å². The van der Waals surface area contributed by atoms with E-state index in [1.807, 2.05) is 18.2 Å². The monoisotopic (exact) mass is 370 g/mol. The standard InChI is InChI=1S/C22H18N4S/c1-14(2)15-7-9-16(10-8-15)18-12-27-22-20(18)21(24-13-25-22)26-19-6-4-3-5-17(19)11-23/h3-10,12-14H,1-2H3,(H,24,25,26). The molecule has 0 fully saturated rings. The first-order chi connectivity index (χ1) is 13.2. The number of para-hydroxylation sites is 1. The maximum atomic E-state index is 9.35. The molecule has 0 atom stereocenters. The number of hydrogen-bond donors (Lipinski definition) is 1. The highest BCUT2D eigenvalue weighted by Gasteiger charge is 2.14. The average Bonchev–Trinajstić information content (AvgIpc) is 3.14. The first-order valence-corrected chi connectivity index (χ1v) is 9.64. The summed E-state index contributed by atoms with van der Waals surface area (Å²) < 4.78 is 0. The van der Waals surface area contributed by atoms with E-state index in [0.717, 1.165) is 27.0 Å². The molecule has 0 bridgehead atoms. The Morgan fingerprint density at radius 3 is 2.56 bits per heavy atom. The van der Waals surface area contributed by atoms with Crippen molar-refractivity contribution in [3.8, 4) is 17.2 Å². The van der Waals surface area contributed by atoms with Crippen LogP contribution in [0.1, 0.15) is 30.9 Å². The van der Waals surface area contributed by atoms with Gasteiger partial charge in [-0.05, 0) is 29.2 Å². The fourth-order valence-electron chi connectivity index (χ4n) is 3.05. The Labute approximate surface area is 162 Å². The molecule has 0 aliphatic heterocycles. The molecule has 0 amide bonds. The molecule has 0 aliphatic carbocycles. The van der Waals surface area contributed by atoms with E-state index in [1.165, 1.54) is 5.56 Å². The smallest absolute Gasteiger partial charge is 0.143 e. The topological polar surface area (TPSA) is 61.6 Å². The summed E-state index contributed by atoms with van der Waals surface area (Å²) in [7, 11) is 0. The highest BCUT2D eigenvalue weighted by atomic mass is 32.1. The zero-order valence-electron chi connectivity index (χ0n) is 15.1. The minimum atomic E-state index is 0.501. The molecule has 2 aromatic heterocycles. The quantitative estimate of drug-likeness (QED) is 0.472. The number of fused-ring (bicyclic) bond motifs is 1. The van der Waals surface area contributed by atoms with Gasteiger partial charge in [-0.2, -0.15) is 5.26 Å². The lowest BCUT2D eigenvalue weighted by Crippen LogP contribution is -1.97. The number of hydrogen-bond acceptors (Lipinski definition) is 5. The van der Waals surface area contributed by atoms with E-state index in [-0.39, 0.29) is 0 Å². The number of thiophene rings is 1. The lowest BCUT2D eigenvalue weighted by atomic mass is 9.99. The van der Waals surface area contributed by atoms with Crippen molar-refractivity contribution in [3.05, 3.63) is 71.4 Å². The lowest BCUT2D eigenvalue weighted by Gasteiger charge is -2.10. The van der Waals surface area contributed by atoms with E-state index in [2.05, 4.69) is 64.8 Å². The molecule has 0 saturated carbocycles. The van der Waals surface area contributed by atoms with Crippen LogP contribution in [0, 0.1) is 11.3 Å². The number of nitrogens with zero attached hydrogens (tertiary/aromatic N) is 3. The predicted molar refractivity (Wildman–Crippen MR) is 111 cm³/mol. The number of rotatable bonds is 4. The van der Waals surface area contributed by atoms with Crippen LogP contribution in [-0.2, 0) is 0 Å². The zero-order valence-corrected chi connectivity index (χ0v) is 15.9. The van der Waals surface area contributed by atoms with Gasteiger partial charge in [-0.15, -0.1) is 11.3 Å². The largest absolute Gasteiger partial charge is 0.338 e. The fraction of sp³-hybridized carbons (Fsp3) is 0.136. The highest BCUT2D eigenvalue weighted by Crippen LogP contribution is 2.38. The summed E-state index contributed by atoms with van der Waals surface area (Å²) in [5, 5.41) is 15.8. The minimum Gasteiger partial charge on any atom is -0.338 e. The van der Waals surface area contributed by atoms with Crippen LogP contribution >= 0.6 is 11.3 Å². The Bertz CT molecular complexity index is 1140. The lowest BCUT2D eigenvalue weighted by molar-refractivity contribution is 0.867. The second kappa shape index (κ2) is 7.18. The van der Waals surface area contributed by atoms with Gasteiger partial charge in [0.25, 0.3) is 0 Å². The van der Waals surface area contributed by atoms with Gasteiger partial charge in [-0.3, -0.25) is 0 Å². The molecule has 2 aromatic carbocycles. The highest BCUT2D eigenvalue weighted by molar-refractivity contribution is 7.17. The summed E-state index contributed by atoms with van der Waals surface area (Å²) in [5.41, 5.74) is 4.88. The van der Waals surface area contributed by atoms with Gasteiger partial charge >= 0.3 is 0 Å². The van der Waals surface area contributed by atoms with E-state index < -0.39 is 0 Å². The number of aromatic nitrogens is 2. The van der Waals surface area contributed by atoms with Crippen LogP contribution in [0.5, 0.6) is 0 Å². The maximum Gasteiger partial charge on any atom is 0.143 e. The summed E-state index contributed by atoms with van der Waals surface area (Å²) in [6.07, 6.45) is 1.56. The molecule has 4 aromatic rings. The van der Waals surface area contributed by atoms with Gasteiger partial charge in [0.1, 0.15) is 23.0 Å². The molecular formula is C22H18N4S. The molecule has 132 valence electrons. The van der Waals surface area contributed by atoms with Gasteiger partial charge < -0.3 is 5.32 Å². The Hall–Kier alpha value is -3.23. The van der Waals surface area contributed by atoms with Crippen molar-refractivity contribution in [1.82, 2.24) is 9.97 Å². The van der Waals surface area contributed by atoms with E-state index >= 15 is 0 Å². The Balaban J connectivity index is 1.81. The Kier molecular flexibility index (Phi) is 4.57. The van der Waals surface area contributed by atoms with Gasteiger partial charge in [0.05, 0.1) is 16.6 Å². The number of benzene rings is 2. The maximum absolute atomic E-state index is 9.35. The second-order valence-electron chi connectivity index (χ2n) is 6.61. The summed E-state index contributed by atoms with van der Waals surface area (Å²) in [5.74, 6) is 1.22. The van der Waals surface area contributed by atoms with Gasteiger partial charge in [0, 0.05) is 10.9 Å². The molecule has 1 N–H and O–H groups in total. The van der Waals surface area contributed by atoms with Crippen LogP contribution in [0.15, 0.2) is 60.2 Å². The summed E-state index contributed by atoms with van der Waals surface area (Å²) >= 11 is 1.60. The van der Waals surface area contributed by atoms with Crippen molar-refractivity contribution in [2.45, 2.75) is 19.8 Å².